The molecular weight excluding hydrogens is 212 g/mol. The van der Waals surface area contributed by atoms with Crippen LogP contribution >= 0.6 is 0 Å². The van der Waals surface area contributed by atoms with Crippen molar-refractivity contribution >= 4 is 5.82 Å². The predicted molar refractivity (Wildman–Crippen MR) is 65.7 cm³/mol. The minimum absolute atomic E-state index is 0.550. The van der Waals surface area contributed by atoms with Crippen molar-refractivity contribution in [3.63, 3.8) is 0 Å². The van der Waals surface area contributed by atoms with Crippen molar-refractivity contribution < 1.29 is 0 Å². The van der Waals surface area contributed by atoms with Gasteiger partial charge in [-0.1, -0.05) is 6.92 Å². The molecule has 2 aliphatic rings. The molecule has 2 aliphatic heterocycles. The second-order valence-corrected chi connectivity index (χ2v) is 5.02. The number of rotatable bonds is 1. The highest BCUT2D eigenvalue weighted by Crippen LogP contribution is 2.34. The molecule has 3 rings (SSSR count). The number of nitrogens with one attached hydrogen (secondary N) is 1. The molecule has 4 heteroatoms. The first-order valence-electron chi connectivity index (χ1n) is 6.15. The average molecular weight is 228 g/mol. The van der Waals surface area contributed by atoms with Crippen molar-refractivity contribution in [2.45, 2.75) is 25.4 Å². The molecule has 1 aromatic heterocycles. The van der Waals surface area contributed by atoms with Gasteiger partial charge in [-0.15, -0.1) is 0 Å². The molecule has 2 fully saturated rings. The molecular formula is C13H16N4. The van der Waals surface area contributed by atoms with Crippen molar-refractivity contribution in [3.05, 3.63) is 23.9 Å². The summed E-state index contributed by atoms with van der Waals surface area (Å²) in [5, 5.41) is 12.3. The van der Waals surface area contributed by atoms with E-state index >= 15 is 0 Å². The van der Waals surface area contributed by atoms with E-state index in [-0.39, 0.29) is 0 Å². The lowest BCUT2D eigenvalue weighted by Gasteiger charge is -2.37. The van der Waals surface area contributed by atoms with Crippen LogP contribution in [0.15, 0.2) is 18.3 Å². The molecule has 1 aromatic rings. The summed E-state index contributed by atoms with van der Waals surface area (Å²) in [4.78, 5) is 6.86. The third-order valence-corrected chi connectivity index (χ3v) is 3.93. The van der Waals surface area contributed by atoms with Crippen LogP contribution in [0.1, 0.15) is 18.9 Å². The van der Waals surface area contributed by atoms with Crippen LogP contribution in [0.25, 0.3) is 0 Å². The van der Waals surface area contributed by atoms with Crippen molar-refractivity contribution in [2.75, 3.05) is 18.0 Å². The second kappa shape index (κ2) is 4.01. The molecule has 0 amide bonds. The zero-order chi connectivity index (χ0) is 11.8. The molecule has 0 saturated carbocycles. The molecule has 2 saturated heterocycles. The third kappa shape index (κ3) is 1.67. The first-order valence-corrected chi connectivity index (χ1v) is 6.15. The Hall–Kier alpha value is -1.60. The zero-order valence-electron chi connectivity index (χ0n) is 9.93. The van der Waals surface area contributed by atoms with Gasteiger partial charge in [0.05, 0.1) is 5.56 Å². The van der Waals surface area contributed by atoms with E-state index in [0.717, 1.165) is 18.9 Å². The molecule has 2 bridgehead atoms. The highest BCUT2D eigenvalue weighted by Gasteiger charge is 2.41. The molecule has 3 atom stereocenters. The van der Waals surface area contributed by atoms with Gasteiger partial charge in [0.25, 0.3) is 0 Å². The van der Waals surface area contributed by atoms with Gasteiger partial charge in [-0.2, -0.15) is 5.26 Å². The SMILES string of the molecule is C[C@H]1CC2CNC[C@H]1N2c1ccc(C#N)cn1. The second-order valence-electron chi connectivity index (χ2n) is 5.02. The fourth-order valence-electron chi connectivity index (χ4n) is 3.09. The summed E-state index contributed by atoms with van der Waals surface area (Å²) in [6, 6.07) is 7.05. The lowest BCUT2D eigenvalue weighted by Crippen LogP contribution is -2.53. The zero-order valence-corrected chi connectivity index (χ0v) is 9.93. The van der Waals surface area contributed by atoms with E-state index in [1.807, 2.05) is 12.1 Å². The summed E-state index contributed by atoms with van der Waals surface area (Å²) in [6.07, 6.45) is 2.90. The minimum atomic E-state index is 0.550. The maximum Gasteiger partial charge on any atom is 0.129 e. The van der Waals surface area contributed by atoms with Gasteiger partial charge in [-0.25, -0.2) is 4.98 Å². The van der Waals surface area contributed by atoms with Crippen LogP contribution in [0.4, 0.5) is 5.82 Å². The number of anilines is 1. The van der Waals surface area contributed by atoms with Crippen LogP contribution in [0.5, 0.6) is 0 Å². The van der Waals surface area contributed by atoms with E-state index in [1.54, 1.807) is 6.20 Å². The van der Waals surface area contributed by atoms with Gasteiger partial charge < -0.3 is 10.2 Å². The third-order valence-electron chi connectivity index (χ3n) is 3.93. The van der Waals surface area contributed by atoms with Crippen LogP contribution in [-0.2, 0) is 0 Å². The lowest BCUT2D eigenvalue weighted by atomic mass is 10.0. The fraction of sp³-hybridized carbons (Fsp3) is 0.538. The molecule has 1 N–H and O–H groups in total. The van der Waals surface area contributed by atoms with Crippen molar-refractivity contribution in [1.29, 1.82) is 5.26 Å². The monoisotopic (exact) mass is 228 g/mol. The molecule has 1 unspecified atom stereocenters. The standard InChI is InChI=1S/C13H16N4/c1-9-4-11-7-15-8-12(9)17(11)13-3-2-10(5-14)6-16-13/h2-3,6,9,11-12,15H,4,7-8H2,1H3/t9-,11?,12+/m0/s1. The van der Waals surface area contributed by atoms with Gasteiger partial charge in [0.1, 0.15) is 11.9 Å². The molecule has 0 radical (unpaired) electrons. The van der Waals surface area contributed by atoms with E-state index in [1.165, 1.54) is 6.42 Å². The Morgan fingerprint density at radius 1 is 1.47 bits per heavy atom. The Morgan fingerprint density at radius 2 is 2.35 bits per heavy atom. The summed E-state index contributed by atoms with van der Waals surface area (Å²) >= 11 is 0. The number of nitrogens with zero attached hydrogens (tertiary/aromatic N) is 3. The normalized spacial score (nSPS) is 31.3. The van der Waals surface area contributed by atoms with Crippen LogP contribution in [0, 0.1) is 17.2 Å². The Balaban J connectivity index is 1.91. The lowest BCUT2D eigenvalue weighted by molar-refractivity contribution is 0.454. The van der Waals surface area contributed by atoms with Gasteiger partial charge in [-0.05, 0) is 24.5 Å². The predicted octanol–water partition coefficient (Wildman–Crippen LogP) is 1.14. The Bertz CT molecular complexity index is 447. The van der Waals surface area contributed by atoms with Crippen molar-refractivity contribution in [1.82, 2.24) is 10.3 Å². The molecule has 0 aromatic carbocycles. The molecule has 17 heavy (non-hydrogen) atoms. The van der Waals surface area contributed by atoms with Crippen molar-refractivity contribution in [3.8, 4) is 6.07 Å². The highest BCUT2D eigenvalue weighted by molar-refractivity contribution is 5.46. The number of piperazine rings is 1. The van der Waals surface area contributed by atoms with E-state index < -0.39 is 0 Å². The van der Waals surface area contributed by atoms with Crippen LogP contribution in [0.2, 0.25) is 0 Å². The maximum atomic E-state index is 8.78. The molecule has 88 valence electrons. The van der Waals surface area contributed by atoms with Gasteiger partial charge in [0.15, 0.2) is 0 Å². The number of hydrogen-bond acceptors (Lipinski definition) is 4. The van der Waals surface area contributed by atoms with Gasteiger partial charge >= 0.3 is 0 Å². The smallest absolute Gasteiger partial charge is 0.129 e. The number of pyridine rings is 1. The first kappa shape index (κ1) is 10.5. The van der Waals surface area contributed by atoms with Gasteiger partial charge in [0, 0.05) is 31.4 Å². The fourth-order valence-corrected chi connectivity index (χ4v) is 3.09. The summed E-state index contributed by atoms with van der Waals surface area (Å²) in [5.74, 6) is 1.73. The molecule has 3 heterocycles. The number of nitriles is 1. The van der Waals surface area contributed by atoms with Crippen molar-refractivity contribution in [2.24, 2.45) is 5.92 Å². The van der Waals surface area contributed by atoms with E-state index in [2.05, 4.69) is 28.2 Å². The number of aromatic nitrogens is 1. The molecule has 0 aliphatic carbocycles. The van der Waals surface area contributed by atoms with Gasteiger partial charge in [0.2, 0.25) is 0 Å². The minimum Gasteiger partial charge on any atom is -0.348 e. The van der Waals surface area contributed by atoms with E-state index in [0.29, 0.717) is 23.6 Å². The Morgan fingerprint density at radius 3 is 3.00 bits per heavy atom. The maximum absolute atomic E-state index is 8.78. The van der Waals surface area contributed by atoms with E-state index in [4.69, 9.17) is 5.26 Å². The number of hydrogen-bond donors (Lipinski definition) is 1. The highest BCUT2D eigenvalue weighted by atomic mass is 15.3. The largest absolute Gasteiger partial charge is 0.348 e. The Labute approximate surface area is 101 Å². The summed E-state index contributed by atoms with van der Waals surface area (Å²) in [5.41, 5.74) is 0.629. The topological polar surface area (TPSA) is 52.0 Å². The molecule has 4 nitrogen and oxygen atoms in total. The summed E-state index contributed by atoms with van der Waals surface area (Å²) in [6.45, 7) is 4.40. The first-order chi connectivity index (χ1) is 8.29. The quantitative estimate of drug-likeness (QED) is 0.783. The van der Waals surface area contributed by atoms with Crippen LogP contribution < -0.4 is 10.2 Å². The van der Waals surface area contributed by atoms with Gasteiger partial charge in [-0.3, -0.25) is 0 Å². The summed E-state index contributed by atoms with van der Waals surface area (Å²) < 4.78 is 0. The van der Waals surface area contributed by atoms with Crippen LogP contribution in [0.3, 0.4) is 0 Å². The number of fused-ring (bicyclic) bond motifs is 2. The average Bonchev–Trinajstić information content (AvgIpc) is 2.55. The van der Waals surface area contributed by atoms with Crippen LogP contribution in [-0.4, -0.2) is 30.2 Å². The molecule has 0 spiro atoms. The Kier molecular flexibility index (Phi) is 2.49. The van der Waals surface area contributed by atoms with E-state index in [9.17, 15) is 0 Å². The summed E-state index contributed by atoms with van der Waals surface area (Å²) in [7, 11) is 0.